The molecule has 20 heavy (non-hydrogen) atoms. The zero-order chi connectivity index (χ0) is 15.3. The number of pyridine rings is 1. The smallest absolute Gasteiger partial charge is 0.214 e. The van der Waals surface area contributed by atoms with Crippen LogP contribution < -0.4 is 10.1 Å². The van der Waals surface area contributed by atoms with Gasteiger partial charge in [0.2, 0.25) is 5.88 Å². The monoisotopic (exact) mass is 278 g/mol. The first-order valence-corrected chi connectivity index (χ1v) is 7.58. The Balaban J connectivity index is 2.87. The lowest BCUT2D eigenvalue weighted by atomic mass is 10.1. The molecule has 1 rings (SSSR count). The summed E-state index contributed by atoms with van der Waals surface area (Å²) in [6.45, 7) is 16.8. The van der Waals surface area contributed by atoms with Crippen LogP contribution in [-0.2, 0) is 6.54 Å². The van der Waals surface area contributed by atoms with Crippen LogP contribution in [0.15, 0.2) is 12.1 Å². The predicted octanol–water partition coefficient (Wildman–Crippen LogP) is 4.13. The molecule has 0 saturated carbocycles. The van der Waals surface area contributed by atoms with Gasteiger partial charge >= 0.3 is 0 Å². The van der Waals surface area contributed by atoms with Crippen LogP contribution in [0.4, 0.5) is 0 Å². The molecule has 3 heteroatoms. The molecule has 1 aromatic rings. The van der Waals surface area contributed by atoms with Crippen LogP contribution in [0, 0.1) is 5.92 Å². The minimum absolute atomic E-state index is 0.217. The Labute approximate surface area is 124 Å². The number of hydrogen-bond donors (Lipinski definition) is 1. The molecule has 1 heterocycles. The first-order valence-electron chi connectivity index (χ1n) is 7.58. The molecule has 0 aliphatic rings. The number of ether oxygens (including phenoxy) is 1. The summed E-state index contributed by atoms with van der Waals surface area (Å²) in [6.07, 6.45) is 0. The van der Waals surface area contributed by atoms with Gasteiger partial charge in [0.15, 0.2) is 0 Å². The zero-order valence-electron chi connectivity index (χ0n) is 14.1. The minimum Gasteiger partial charge on any atom is -0.472 e. The van der Waals surface area contributed by atoms with Gasteiger partial charge in [0.25, 0.3) is 0 Å². The van der Waals surface area contributed by atoms with Crippen LogP contribution in [0.5, 0.6) is 5.88 Å². The van der Waals surface area contributed by atoms with Gasteiger partial charge in [0.05, 0.1) is 0 Å². The van der Waals surface area contributed by atoms with Crippen LogP contribution in [0.25, 0.3) is 0 Å². The number of rotatable bonds is 6. The summed E-state index contributed by atoms with van der Waals surface area (Å²) >= 11 is 0. The number of nitrogens with zero attached hydrogens (tertiary/aromatic N) is 1. The van der Waals surface area contributed by atoms with Gasteiger partial charge in [-0.25, -0.2) is 4.98 Å². The van der Waals surface area contributed by atoms with Crippen molar-refractivity contribution in [1.29, 1.82) is 0 Å². The molecule has 0 radical (unpaired) electrons. The molecule has 0 amide bonds. The SMILES string of the molecule is CC(C)CNCc1cc(OC(C)(C)C)nc(C(C)C)c1. The van der Waals surface area contributed by atoms with Crippen LogP contribution in [0.2, 0.25) is 0 Å². The second-order valence-corrected chi connectivity index (χ2v) is 7.13. The van der Waals surface area contributed by atoms with Gasteiger partial charge in [-0.2, -0.15) is 0 Å². The van der Waals surface area contributed by atoms with E-state index in [9.17, 15) is 0 Å². The van der Waals surface area contributed by atoms with Gasteiger partial charge in [0.1, 0.15) is 5.60 Å². The average molecular weight is 278 g/mol. The highest BCUT2D eigenvalue weighted by Gasteiger charge is 2.15. The van der Waals surface area contributed by atoms with Crippen LogP contribution in [0.3, 0.4) is 0 Å². The van der Waals surface area contributed by atoms with E-state index in [1.165, 1.54) is 5.56 Å². The zero-order valence-corrected chi connectivity index (χ0v) is 14.1. The van der Waals surface area contributed by atoms with E-state index in [0.29, 0.717) is 11.8 Å². The first-order chi connectivity index (χ1) is 9.17. The summed E-state index contributed by atoms with van der Waals surface area (Å²) in [5.74, 6) is 1.79. The first kappa shape index (κ1) is 17.0. The summed E-state index contributed by atoms with van der Waals surface area (Å²) in [5, 5.41) is 3.47. The summed E-state index contributed by atoms with van der Waals surface area (Å²) in [4.78, 5) is 4.61. The van der Waals surface area contributed by atoms with Crippen molar-refractivity contribution in [2.24, 2.45) is 5.92 Å². The van der Waals surface area contributed by atoms with E-state index in [-0.39, 0.29) is 5.60 Å². The molecule has 0 aliphatic carbocycles. The van der Waals surface area contributed by atoms with E-state index in [4.69, 9.17) is 4.74 Å². The molecule has 0 bridgehead atoms. The predicted molar refractivity (Wildman–Crippen MR) is 85.3 cm³/mol. The Morgan fingerprint density at radius 1 is 1.15 bits per heavy atom. The largest absolute Gasteiger partial charge is 0.472 e. The fourth-order valence-electron chi connectivity index (χ4n) is 1.85. The topological polar surface area (TPSA) is 34.1 Å². The van der Waals surface area contributed by atoms with E-state index >= 15 is 0 Å². The van der Waals surface area contributed by atoms with Crippen LogP contribution in [-0.4, -0.2) is 17.1 Å². The van der Waals surface area contributed by atoms with Crippen molar-refractivity contribution in [3.05, 3.63) is 23.4 Å². The van der Waals surface area contributed by atoms with Crippen LogP contribution >= 0.6 is 0 Å². The fraction of sp³-hybridized carbons (Fsp3) is 0.706. The molecule has 0 spiro atoms. The van der Waals surface area contributed by atoms with Gasteiger partial charge in [-0.15, -0.1) is 0 Å². The van der Waals surface area contributed by atoms with Crippen LogP contribution in [0.1, 0.15) is 65.6 Å². The van der Waals surface area contributed by atoms with Crippen molar-refractivity contribution in [2.75, 3.05) is 6.54 Å². The maximum atomic E-state index is 5.92. The van der Waals surface area contributed by atoms with E-state index in [1.807, 2.05) is 26.8 Å². The highest BCUT2D eigenvalue weighted by Crippen LogP contribution is 2.22. The summed E-state index contributed by atoms with van der Waals surface area (Å²) in [6, 6.07) is 4.22. The summed E-state index contributed by atoms with van der Waals surface area (Å²) < 4.78 is 5.92. The molecule has 1 N–H and O–H groups in total. The number of nitrogens with one attached hydrogen (secondary N) is 1. The summed E-state index contributed by atoms with van der Waals surface area (Å²) in [7, 11) is 0. The third-order valence-corrected chi connectivity index (χ3v) is 2.77. The van der Waals surface area contributed by atoms with Gasteiger partial charge in [-0.1, -0.05) is 27.7 Å². The molecule has 0 saturated heterocycles. The number of aromatic nitrogens is 1. The van der Waals surface area contributed by atoms with E-state index in [2.05, 4.69) is 44.1 Å². The fourth-order valence-corrected chi connectivity index (χ4v) is 1.85. The standard InChI is InChI=1S/C17H30N2O/c1-12(2)10-18-11-14-8-15(13(3)4)19-16(9-14)20-17(5,6)7/h8-9,12-13,18H,10-11H2,1-7H3. The quantitative estimate of drug-likeness (QED) is 0.849. The molecule has 3 nitrogen and oxygen atoms in total. The second kappa shape index (κ2) is 7.07. The molecule has 0 fully saturated rings. The molecule has 0 unspecified atom stereocenters. The normalized spacial score (nSPS) is 12.2. The molecule has 0 aliphatic heterocycles. The maximum Gasteiger partial charge on any atom is 0.214 e. The van der Waals surface area contributed by atoms with E-state index < -0.39 is 0 Å². The molecule has 1 aromatic heterocycles. The number of hydrogen-bond acceptors (Lipinski definition) is 3. The van der Waals surface area contributed by atoms with Crippen molar-refractivity contribution in [1.82, 2.24) is 10.3 Å². The Morgan fingerprint density at radius 2 is 1.80 bits per heavy atom. The minimum atomic E-state index is -0.217. The molecular formula is C17H30N2O. The molecule has 0 atom stereocenters. The van der Waals surface area contributed by atoms with Crippen molar-refractivity contribution in [3.8, 4) is 5.88 Å². The summed E-state index contributed by atoms with van der Waals surface area (Å²) in [5.41, 5.74) is 2.11. The lowest BCUT2D eigenvalue weighted by molar-refractivity contribution is 0.123. The van der Waals surface area contributed by atoms with Crippen molar-refractivity contribution in [3.63, 3.8) is 0 Å². The van der Waals surface area contributed by atoms with Gasteiger partial charge in [-0.3, -0.25) is 0 Å². The van der Waals surface area contributed by atoms with Gasteiger partial charge in [0, 0.05) is 18.3 Å². The second-order valence-electron chi connectivity index (χ2n) is 7.13. The van der Waals surface area contributed by atoms with E-state index in [0.717, 1.165) is 24.7 Å². The maximum absolute atomic E-state index is 5.92. The highest BCUT2D eigenvalue weighted by atomic mass is 16.5. The Bertz CT molecular complexity index is 419. The third kappa shape index (κ3) is 6.38. The average Bonchev–Trinajstić information content (AvgIpc) is 2.25. The molecule has 114 valence electrons. The van der Waals surface area contributed by atoms with Gasteiger partial charge < -0.3 is 10.1 Å². The van der Waals surface area contributed by atoms with Crippen molar-refractivity contribution in [2.45, 2.75) is 66.5 Å². The third-order valence-electron chi connectivity index (χ3n) is 2.77. The lowest BCUT2D eigenvalue weighted by Crippen LogP contribution is -2.24. The lowest BCUT2D eigenvalue weighted by Gasteiger charge is -2.22. The Kier molecular flexibility index (Phi) is 6.00. The highest BCUT2D eigenvalue weighted by molar-refractivity contribution is 5.27. The van der Waals surface area contributed by atoms with Gasteiger partial charge in [-0.05, 0) is 50.8 Å². The van der Waals surface area contributed by atoms with Crippen molar-refractivity contribution < 1.29 is 4.74 Å². The Hall–Kier alpha value is -1.09. The Morgan fingerprint density at radius 3 is 2.30 bits per heavy atom. The molecular weight excluding hydrogens is 248 g/mol. The van der Waals surface area contributed by atoms with E-state index in [1.54, 1.807) is 0 Å². The van der Waals surface area contributed by atoms with Crippen molar-refractivity contribution >= 4 is 0 Å². The molecule has 0 aromatic carbocycles.